The van der Waals surface area contributed by atoms with E-state index in [0.29, 0.717) is 15.3 Å². The summed E-state index contributed by atoms with van der Waals surface area (Å²) in [4.78, 5) is 16.4. The highest BCUT2D eigenvalue weighted by molar-refractivity contribution is 7.90. The maximum Gasteiger partial charge on any atom is 0.252 e. The van der Waals surface area contributed by atoms with Crippen molar-refractivity contribution in [3.8, 4) is 0 Å². The van der Waals surface area contributed by atoms with Gasteiger partial charge < -0.3 is 4.74 Å². The van der Waals surface area contributed by atoms with Crippen LogP contribution in [0.4, 0.5) is 5.13 Å². The van der Waals surface area contributed by atoms with Crippen molar-refractivity contribution in [2.45, 2.75) is 11.5 Å². The number of hydrogen-bond acceptors (Lipinski definition) is 7. The van der Waals surface area contributed by atoms with Gasteiger partial charge in [0.2, 0.25) is 0 Å². The van der Waals surface area contributed by atoms with E-state index in [4.69, 9.17) is 4.74 Å². The van der Waals surface area contributed by atoms with Crippen molar-refractivity contribution >= 4 is 42.4 Å². The summed E-state index contributed by atoms with van der Waals surface area (Å²) in [6, 6.07) is 6.48. The lowest BCUT2D eigenvalue weighted by atomic mass is 10.3. The first-order valence-corrected chi connectivity index (χ1v) is 9.99. The van der Waals surface area contributed by atoms with Gasteiger partial charge in [-0.1, -0.05) is 11.3 Å². The Morgan fingerprint density at radius 3 is 2.84 bits per heavy atom. The van der Waals surface area contributed by atoms with E-state index < -0.39 is 9.84 Å². The topological polar surface area (TPSA) is 103 Å². The number of sulfone groups is 1. The molecule has 0 fully saturated rings. The van der Waals surface area contributed by atoms with Crippen LogP contribution in [-0.2, 0) is 33.0 Å². The Kier molecular flexibility index (Phi) is 4.84. The van der Waals surface area contributed by atoms with Crippen molar-refractivity contribution in [2.24, 2.45) is 7.05 Å². The molecule has 0 aliphatic rings. The molecular weight excluding hydrogens is 364 g/mol. The molecule has 0 spiro atoms. The Morgan fingerprint density at radius 1 is 1.36 bits per heavy atom. The molecule has 3 aromatic rings. The van der Waals surface area contributed by atoms with E-state index >= 15 is 0 Å². The first-order valence-electron chi connectivity index (χ1n) is 7.28. The van der Waals surface area contributed by atoms with Crippen LogP contribution in [-0.4, -0.2) is 42.0 Å². The molecule has 132 valence electrons. The second-order valence-electron chi connectivity index (χ2n) is 5.41. The first kappa shape index (κ1) is 17.5. The minimum Gasteiger partial charge on any atom is -0.365 e. The fourth-order valence-electron chi connectivity index (χ4n) is 2.14. The van der Waals surface area contributed by atoms with Gasteiger partial charge in [0.05, 0.1) is 27.4 Å². The number of nitrogens with one attached hydrogen (secondary N) is 1. The number of benzene rings is 1. The Labute approximate surface area is 148 Å². The SMILES string of the molecule is Cn1nccc1COCC(=O)Nc1nc2ccc(S(C)(=O)=O)cc2s1. The van der Waals surface area contributed by atoms with E-state index in [1.807, 2.05) is 6.07 Å². The molecule has 0 aliphatic heterocycles. The Hall–Kier alpha value is -2.30. The average molecular weight is 380 g/mol. The third-order valence-electron chi connectivity index (χ3n) is 3.44. The molecule has 0 bridgehead atoms. The van der Waals surface area contributed by atoms with Crippen LogP contribution >= 0.6 is 11.3 Å². The quantitative estimate of drug-likeness (QED) is 0.696. The molecule has 2 aromatic heterocycles. The zero-order valence-electron chi connectivity index (χ0n) is 13.6. The van der Waals surface area contributed by atoms with Crippen LogP contribution in [0.3, 0.4) is 0 Å². The van der Waals surface area contributed by atoms with Gasteiger partial charge in [-0.25, -0.2) is 13.4 Å². The van der Waals surface area contributed by atoms with Crippen LogP contribution in [0.5, 0.6) is 0 Å². The molecule has 1 amide bonds. The zero-order chi connectivity index (χ0) is 18.0. The molecule has 0 unspecified atom stereocenters. The standard InChI is InChI=1S/C15H16N4O4S2/c1-19-10(5-6-16-19)8-23-9-14(20)18-15-17-12-4-3-11(25(2,21)22)7-13(12)24-15/h3-7H,8-9H2,1-2H3,(H,17,18,20). The highest BCUT2D eigenvalue weighted by Gasteiger charge is 2.12. The highest BCUT2D eigenvalue weighted by Crippen LogP contribution is 2.28. The lowest BCUT2D eigenvalue weighted by Gasteiger charge is -2.04. The van der Waals surface area contributed by atoms with Crippen LogP contribution in [0.15, 0.2) is 35.4 Å². The fourth-order valence-corrected chi connectivity index (χ4v) is 3.78. The number of fused-ring (bicyclic) bond motifs is 1. The lowest BCUT2D eigenvalue weighted by Crippen LogP contribution is -2.18. The first-order chi connectivity index (χ1) is 11.8. The second-order valence-corrected chi connectivity index (χ2v) is 8.45. The van der Waals surface area contributed by atoms with Crippen LogP contribution in [0.1, 0.15) is 5.69 Å². The number of ether oxygens (including phenoxy) is 1. The maximum absolute atomic E-state index is 11.9. The van der Waals surface area contributed by atoms with Crippen LogP contribution in [0, 0.1) is 0 Å². The molecule has 0 saturated carbocycles. The number of rotatable bonds is 6. The number of carbonyl (C=O) groups is 1. The number of aromatic nitrogens is 3. The molecule has 25 heavy (non-hydrogen) atoms. The van der Waals surface area contributed by atoms with Gasteiger partial charge in [-0.2, -0.15) is 5.10 Å². The van der Waals surface area contributed by atoms with E-state index in [2.05, 4.69) is 15.4 Å². The number of carbonyl (C=O) groups excluding carboxylic acids is 1. The van der Waals surface area contributed by atoms with Gasteiger partial charge in [0.25, 0.3) is 5.91 Å². The van der Waals surface area contributed by atoms with Crippen molar-refractivity contribution in [1.82, 2.24) is 14.8 Å². The Balaban J connectivity index is 1.62. The number of thiazole rings is 1. The number of amides is 1. The van der Waals surface area contributed by atoms with Gasteiger partial charge in [-0.15, -0.1) is 0 Å². The van der Waals surface area contributed by atoms with Gasteiger partial charge >= 0.3 is 0 Å². The summed E-state index contributed by atoms with van der Waals surface area (Å²) >= 11 is 1.21. The lowest BCUT2D eigenvalue weighted by molar-refractivity contribution is -0.121. The number of hydrogen-bond donors (Lipinski definition) is 1. The average Bonchev–Trinajstić information content (AvgIpc) is 3.11. The summed E-state index contributed by atoms with van der Waals surface area (Å²) in [5, 5.41) is 7.07. The van der Waals surface area contributed by atoms with Crippen LogP contribution in [0.25, 0.3) is 10.2 Å². The van der Waals surface area contributed by atoms with Crippen molar-refractivity contribution in [1.29, 1.82) is 0 Å². The largest absolute Gasteiger partial charge is 0.365 e. The second kappa shape index (κ2) is 6.90. The summed E-state index contributed by atoms with van der Waals surface area (Å²) < 4.78 is 30.9. The number of anilines is 1. The predicted octanol–water partition coefficient (Wildman–Crippen LogP) is 1.59. The van der Waals surface area contributed by atoms with E-state index in [-0.39, 0.29) is 24.0 Å². The third-order valence-corrected chi connectivity index (χ3v) is 5.48. The number of nitrogens with zero attached hydrogens (tertiary/aromatic N) is 3. The summed E-state index contributed by atoms with van der Waals surface area (Å²) in [6.07, 6.45) is 2.81. The summed E-state index contributed by atoms with van der Waals surface area (Å²) in [7, 11) is -1.48. The smallest absolute Gasteiger partial charge is 0.252 e. The molecule has 0 atom stereocenters. The van der Waals surface area contributed by atoms with E-state index in [0.717, 1.165) is 11.9 Å². The van der Waals surface area contributed by atoms with Gasteiger partial charge in [0.15, 0.2) is 15.0 Å². The van der Waals surface area contributed by atoms with Crippen LogP contribution < -0.4 is 5.32 Å². The molecule has 0 saturated heterocycles. The fraction of sp³-hybridized carbons (Fsp3) is 0.267. The van der Waals surface area contributed by atoms with Crippen LogP contribution in [0.2, 0.25) is 0 Å². The summed E-state index contributed by atoms with van der Waals surface area (Å²) in [6.45, 7) is 0.164. The van der Waals surface area contributed by atoms with Gasteiger partial charge in [-0.3, -0.25) is 14.8 Å². The normalized spacial score (nSPS) is 11.8. The van der Waals surface area contributed by atoms with Gasteiger partial charge in [0.1, 0.15) is 6.61 Å². The molecule has 3 rings (SSSR count). The van der Waals surface area contributed by atoms with E-state index in [1.54, 1.807) is 30.1 Å². The molecule has 1 aromatic carbocycles. The minimum atomic E-state index is -3.28. The van der Waals surface area contributed by atoms with Crippen molar-refractivity contribution in [3.05, 3.63) is 36.2 Å². The Morgan fingerprint density at radius 2 is 2.16 bits per heavy atom. The van der Waals surface area contributed by atoms with E-state index in [1.165, 1.54) is 17.4 Å². The van der Waals surface area contributed by atoms with Crippen molar-refractivity contribution in [3.63, 3.8) is 0 Å². The monoisotopic (exact) mass is 380 g/mol. The van der Waals surface area contributed by atoms with Crippen molar-refractivity contribution in [2.75, 3.05) is 18.2 Å². The molecule has 10 heteroatoms. The molecule has 0 aliphatic carbocycles. The van der Waals surface area contributed by atoms with Gasteiger partial charge in [0, 0.05) is 19.5 Å². The molecule has 1 N–H and O–H groups in total. The highest BCUT2D eigenvalue weighted by atomic mass is 32.2. The van der Waals surface area contributed by atoms with E-state index in [9.17, 15) is 13.2 Å². The third kappa shape index (κ3) is 4.21. The zero-order valence-corrected chi connectivity index (χ0v) is 15.2. The maximum atomic E-state index is 11.9. The summed E-state index contributed by atoms with van der Waals surface area (Å²) in [5.74, 6) is -0.329. The molecule has 8 nitrogen and oxygen atoms in total. The summed E-state index contributed by atoms with van der Waals surface area (Å²) in [5.41, 5.74) is 1.49. The predicted molar refractivity (Wildman–Crippen MR) is 94.2 cm³/mol. The van der Waals surface area contributed by atoms with Gasteiger partial charge in [-0.05, 0) is 24.3 Å². The minimum absolute atomic E-state index is 0.115. The van der Waals surface area contributed by atoms with Crippen molar-refractivity contribution < 1.29 is 17.9 Å². The Bertz CT molecular complexity index is 1020. The molecule has 0 radical (unpaired) electrons. The molecule has 2 heterocycles. The number of aryl methyl sites for hydroxylation is 1. The molecular formula is C15H16N4O4S2.